The van der Waals surface area contributed by atoms with E-state index in [0.29, 0.717) is 60.3 Å². The molecule has 3 heterocycles. The smallest absolute Gasteiger partial charge is 0.254 e. The Balaban J connectivity index is 1.63. The fourth-order valence-corrected chi connectivity index (χ4v) is 3.50. The van der Waals surface area contributed by atoms with E-state index in [1.54, 1.807) is 43.5 Å². The van der Waals surface area contributed by atoms with Crippen LogP contribution in [0.1, 0.15) is 15.9 Å². The molecule has 154 valence electrons. The summed E-state index contributed by atoms with van der Waals surface area (Å²) in [4.78, 5) is 22.1. The number of hydrogen-bond donors (Lipinski definition) is 3. The van der Waals surface area contributed by atoms with E-state index in [2.05, 4.69) is 26.7 Å². The van der Waals surface area contributed by atoms with Crippen LogP contribution in [0.25, 0.3) is 11.0 Å². The van der Waals surface area contributed by atoms with Gasteiger partial charge in [-0.25, -0.2) is 4.98 Å². The van der Waals surface area contributed by atoms with Crippen molar-refractivity contribution in [1.82, 2.24) is 14.9 Å². The summed E-state index contributed by atoms with van der Waals surface area (Å²) >= 11 is 0. The molecule has 2 aromatic heterocycles. The van der Waals surface area contributed by atoms with Gasteiger partial charge in [0.25, 0.3) is 5.91 Å². The van der Waals surface area contributed by atoms with E-state index in [0.717, 1.165) is 11.1 Å². The Bertz CT molecular complexity index is 1130. The van der Waals surface area contributed by atoms with E-state index in [-0.39, 0.29) is 5.91 Å². The third-order valence-electron chi connectivity index (χ3n) is 5.04. The topological polar surface area (TPSA) is 115 Å². The van der Waals surface area contributed by atoms with Gasteiger partial charge in [-0.05, 0) is 18.2 Å². The first-order chi connectivity index (χ1) is 14.6. The summed E-state index contributed by atoms with van der Waals surface area (Å²) in [6.07, 6.45) is 1.63. The van der Waals surface area contributed by atoms with Crippen molar-refractivity contribution in [2.75, 3.05) is 51.1 Å². The molecule has 9 nitrogen and oxygen atoms in total. The maximum atomic E-state index is 12.7. The molecule has 1 aliphatic rings. The summed E-state index contributed by atoms with van der Waals surface area (Å²) in [7, 11) is 3.35. The number of fused-ring (bicyclic) bond motifs is 1. The highest BCUT2D eigenvalue weighted by atomic mass is 16.5. The number of ether oxygens (including phenoxy) is 2. The molecular weight excluding hydrogens is 384 g/mol. The summed E-state index contributed by atoms with van der Waals surface area (Å²) in [6.45, 7) is 2.27. The molecule has 1 fully saturated rings. The lowest BCUT2D eigenvalue weighted by Gasteiger charge is -2.27. The van der Waals surface area contributed by atoms with Gasteiger partial charge in [0.05, 0.1) is 37.0 Å². The minimum absolute atomic E-state index is 0.0458. The van der Waals surface area contributed by atoms with Crippen LogP contribution in [0.5, 0.6) is 5.75 Å². The van der Waals surface area contributed by atoms with Crippen molar-refractivity contribution in [3.8, 4) is 11.8 Å². The number of carbonyl (C=O) groups excluding carboxylic acids is 1. The minimum Gasteiger partial charge on any atom is -0.495 e. The number of H-pyrrole nitrogens is 1. The zero-order chi connectivity index (χ0) is 21.1. The Morgan fingerprint density at radius 3 is 2.80 bits per heavy atom. The van der Waals surface area contributed by atoms with Gasteiger partial charge in [0.2, 0.25) is 0 Å². The lowest BCUT2D eigenvalue weighted by molar-refractivity contribution is 0.0302. The Labute approximate surface area is 173 Å². The second-order valence-electron chi connectivity index (χ2n) is 6.79. The van der Waals surface area contributed by atoms with Crippen LogP contribution in [-0.2, 0) is 4.74 Å². The number of aromatic nitrogens is 2. The van der Waals surface area contributed by atoms with Crippen molar-refractivity contribution >= 4 is 34.1 Å². The van der Waals surface area contributed by atoms with Gasteiger partial charge in [0.15, 0.2) is 0 Å². The number of nitriles is 1. The largest absolute Gasteiger partial charge is 0.495 e. The molecule has 9 heteroatoms. The first-order valence-electron chi connectivity index (χ1n) is 9.56. The summed E-state index contributed by atoms with van der Waals surface area (Å²) in [5.74, 6) is 1.06. The molecule has 30 heavy (non-hydrogen) atoms. The number of pyridine rings is 1. The van der Waals surface area contributed by atoms with Gasteiger partial charge in [-0.2, -0.15) is 5.26 Å². The molecule has 0 aliphatic carbocycles. The molecule has 3 N–H and O–H groups in total. The Hall–Kier alpha value is -3.77. The number of nitrogens with one attached hydrogen (secondary N) is 3. The third-order valence-corrected chi connectivity index (χ3v) is 5.04. The van der Waals surface area contributed by atoms with Crippen LogP contribution in [0.15, 0.2) is 30.5 Å². The number of carbonyl (C=O) groups is 1. The molecule has 3 aromatic rings. The highest BCUT2D eigenvalue weighted by Crippen LogP contribution is 2.32. The van der Waals surface area contributed by atoms with Gasteiger partial charge in [0, 0.05) is 43.7 Å². The predicted octanol–water partition coefficient (Wildman–Crippen LogP) is 2.70. The van der Waals surface area contributed by atoms with E-state index in [1.807, 2.05) is 6.07 Å². The number of methoxy groups -OCH3 is 1. The molecule has 0 atom stereocenters. The lowest BCUT2D eigenvalue weighted by atomic mass is 10.1. The van der Waals surface area contributed by atoms with Crippen LogP contribution in [-0.4, -0.2) is 61.2 Å². The van der Waals surface area contributed by atoms with Gasteiger partial charge >= 0.3 is 0 Å². The lowest BCUT2D eigenvalue weighted by Crippen LogP contribution is -2.40. The Morgan fingerprint density at radius 2 is 2.10 bits per heavy atom. The van der Waals surface area contributed by atoms with Gasteiger partial charge in [0.1, 0.15) is 23.3 Å². The second kappa shape index (κ2) is 8.31. The molecule has 4 rings (SSSR count). The number of amides is 1. The fraction of sp³-hybridized carbons (Fsp3) is 0.286. The monoisotopic (exact) mass is 406 g/mol. The number of anilines is 3. The number of nitrogens with zero attached hydrogens (tertiary/aromatic N) is 3. The van der Waals surface area contributed by atoms with Gasteiger partial charge < -0.3 is 30.0 Å². The molecule has 1 saturated heterocycles. The average molecular weight is 406 g/mol. The van der Waals surface area contributed by atoms with Crippen molar-refractivity contribution in [2.45, 2.75) is 0 Å². The van der Waals surface area contributed by atoms with E-state index in [1.165, 1.54) is 0 Å². The number of benzene rings is 1. The van der Waals surface area contributed by atoms with Crippen molar-refractivity contribution in [2.24, 2.45) is 0 Å². The van der Waals surface area contributed by atoms with Crippen LogP contribution in [0, 0.1) is 11.3 Å². The fourth-order valence-electron chi connectivity index (χ4n) is 3.50. The number of hydrogen-bond acceptors (Lipinski definition) is 7. The second-order valence-corrected chi connectivity index (χ2v) is 6.79. The maximum Gasteiger partial charge on any atom is 0.254 e. The molecule has 0 radical (unpaired) electrons. The molecule has 0 spiro atoms. The zero-order valence-corrected chi connectivity index (χ0v) is 16.8. The van der Waals surface area contributed by atoms with Crippen molar-refractivity contribution in [1.29, 1.82) is 5.26 Å². The summed E-state index contributed by atoms with van der Waals surface area (Å²) in [5, 5.41) is 16.4. The van der Waals surface area contributed by atoms with E-state index < -0.39 is 0 Å². The van der Waals surface area contributed by atoms with Gasteiger partial charge in [-0.1, -0.05) is 0 Å². The SMILES string of the molecule is CNc1cc(Nc2ccc(C(=O)N3CCOCC3)cc2OC)nc2[nH]cc(C#N)c12. The standard InChI is InChI=1S/C21H22N6O3/c1-23-16-10-18(26-20-19(16)14(11-22)12-24-20)25-15-4-3-13(9-17(15)29-2)21(28)27-5-7-30-8-6-27/h3-4,9-10,12H,5-8H2,1-2H3,(H3,23,24,25,26). The van der Waals surface area contributed by atoms with Crippen LogP contribution < -0.4 is 15.4 Å². The minimum atomic E-state index is -0.0458. The molecule has 1 aromatic carbocycles. The Kier molecular flexibility index (Phi) is 5.41. The number of aromatic amines is 1. The molecule has 1 amide bonds. The summed E-state index contributed by atoms with van der Waals surface area (Å²) in [5.41, 5.74) is 3.13. The normalized spacial score (nSPS) is 13.7. The quantitative estimate of drug-likeness (QED) is 0.597. The van der Waals surface area contributed by atoms with E-state index >= 15 is 0 Å². The molecule has 0 bridgehead atoms. The molecular formula is C21H22N6O3. The first kappa shape index (κ1) is 19.5. The van der Waals surface area contributed by atoms with Gasteiger partial charge in [-0.15, -0.1) is 0 Å². The first-order valence-corrected chi connectivity index (χ1v) is 9.56. The molecule has 0 saturated carbocycles. The van der Waals surface area contributed by atoms with E-state index in [4.69, 9.17) is 9.47 Å². The molecule has 0 unspecified atom stereocenters. The van der Waals surface area contributed by atoms with Crippen molar-refractivity contribution in [3.63, 3.8) is 0 Å². The molecule has 1 aliphatic heterocycles. The van der Waals surface area contributed by atoms with Crippen LogP contribution >= 0.6 is 0 Å². The highest BCUT2D eigenvalue weighted by molar-refractivity contribution is 5.97. The third kappa shape index (κ3) is 3.60. The summed E-state index contributed by atoms with van der Waals surface area (Å²) < 4.78 is 10.8. The Morgan fingerprint density at radius 1 is 1.30 bits per heavy atom. The number of rotatable bonds is 5. The zero-order valence-electron chi connectivity index (χ0n) is 16.8. The predicted molar refractivity (Wildman–Crippen MR) is 113 cm³/mol. The van der Waals surface area contributed by atoms with Gasteiger partial charge in [-0.3, -0.25) is 4.79 Å². The summed E-state index contributed by atoms with van der Waals surface area (Å²) in [6, 6.07) is 9.27. The maximum absolute atomic E-state index is 12.7. The number of morpholine rings is 1. The van der Waals surface area contributed by atoms with Crippen molar-refractivity contribution in [3.05, 3.63) is 41.6 Å². The average Bonchev–Trinajstić information content (AvgIpc) is 3.22. The van der Waals surface area contributed by atoms with Crippen molar-refractivity contribution < 1.29 is 14.3 Å². The van der Waals surface area contributed by atoms with Crippen LogP contribution in [0.3, 0.4) is 0 Å². The van der Waals surface area contributed by atoms with E-state index in [9.17, 15) is 10.1 Å². The van der Waals surface area contributed by atoms with Crippen LogP contribution in [0.4, 0.5) is 17.2 Å². The van der Waals surface area contributed by atoms with Crippen LogP contribution in [0.2, 0.25) is 0 Å². The highest BCUT2D eigenvalue weighted by Gasteiger charge is 2.20.